The van der Waals surface area contributed by atoms with Gasteiger partial charge >= 0.3 is 0 Å². The van der Waals surface area contributed by atoms with E-state index in [1.807, 2.05) is 6.07 Å². The molecular weight excluding hydrogens is 283 g/mol. The SMILES string of the molecule is CCCc1cc(=S)nc(Cc2cccc(Cl)c2F)[nH]1. The third kappa shape index (κ3) is 3.61. The predicted molar refractivity (Wildman–Crippen MR) is 77.6 cm³/mol. The molecule has 19 heavy (non-hydrogen) atoms. The molecule has 0 unspecified atom stereocenters. The summed E-state index contributed by atoms with van der Waals surface area (Å²) >= 11 is 10.9. The highest BCUT2D eigenvalue weighted by molar-refractivity contribution is 7.71. The van der Waals surface area contributed by atoms with Crippen LogP contribution in [0.3, 0.4) is 0 Å². The standard InChI is InChI=1S/C14H14ClFN2S/c1-2-4-10-8-13(19)18-12(17-10)7-9-5-3-6-11(15)14(9)16/h3,5-6,8H,2,4,7H2,1H3,(H,17,18,19). The van der Waals surface area contributed by atoms with Crippen molar-refractivity contribution in [3.05, 3.63) is 56.8 Å². The zero-order valence-corrected chi connectivity index (χ0v) is 12.1. The fourth-order valence-electron chi connectivity index (χ4n) is 1.92. The van der Waals surface area contributed by atoms with Gasteiger partial charge in [0, 0.05) is 12.1 Å². The maximum atomic E-state index is 13.8. The largest absolute Gasteiger partial charge is 0.347 e. The molecule has 2 rings (SSSR count). The number of aryl methyl sites for hydroxylation is 1. The zero-order chi connectivity index (χ0) is 13.8. The van der Waals surface area contributed by atoms with Crippen LogP contribution >= 0.6 is 23.8 Å². The van der Waals surface area contributed by atoms with E-state index >= 15 is 0 Å². The second kappa shape index (κ2) is 6.26. The van der Waals surface area contributed by atoms with Gasteiger partial charge in [0.05, 0.1) is 5.02 Å². The summed E-state index contributed by atoms with van der Waals surface area (Å²) in [5, 5.41) is 0.126. The Morgan fingerprint density at radius 2 is 2.21 bits per heavy atom. The van der Waals surface area contributed by atoms with Crippen LogP contribution < -0.4 is 0 Å². The Labute approximate surface area is 121 Å². The lowest BCUT2D eigenvalue weighted by Gasteiger charge is -2.07. The molecule has 0 aliphatic carbocycles. The first kappa shape index (κ1) is 14.2. The first-order chi connectivity index (χ1) is 9.10. The average molecular weight is 297 g/mol. The van der Waals surface area contributed by atoms with E-state index in [0.717, 1.165) is 18.5 Å². The van der Waals surface area contributed by atoms with Crippen molar-refractivity contribution in [3.8, 4) is 0 Å². The number of nitrogens with one attached hydrogen (secondary N) is 1. The molecular formula is C14H14ClFN2S. The van der Waals surface area contributed by atoms with Gasteiger partial charge < -0.3 is 4.98 Å². The minimum absolute atomic E-state index is 0.126. The van der Waals surface area contributed by atoms with Gasteiger partial charge in [-0.3, -0.25) is 0 Å². The van der Waals surface area contributed by atoms with Gasteiger partial charge in [-0.2, -0.15) is 0 Å². The van der Waals surface area contributed by atoms with Crippen LogP contribution in [0.15, 0.2) is 24.3 Å². The van der Waals surface area contributed by atoms with Crippen molar-refractivity contribution in [1.82, 2.24) is 9.97 Å². The van der Waals surface area contributed by atoms with E-state index in [1.165, 1.54) is 6.07 Å². The summed E-state index contributed by atoms with van der Waals surface area (Å²) in [4.78, 5) is 7.43. The molecule has 0 bridgehead atoms. The van der Waals surface area contributed by atoms with Crippen molar-refractivity contribution < 1.29 is 4.39 Å². The monoisotopic (exact) mass is 296 g/mol. The minimum Gasteiger partial charge on any atom is -0.347 e. The Morgan fingerprint density at radius 1 is 1.42 bits per heavy atom. The highest BCUT2D eigenvalue weighted by atomic mass is 35.5. The third-order valence-corrected chi connectivity index (χ3v) is 3.26. The van der Waals surface area contributed by atoms with Crippen molar-refractivity contribution in [3.63, 3.8) is 0 Å². The molecule has 5 heteroatoms. The van der Waals surface area contributed by atoms with Crippen molar-refractivity contribution in [1.29, 1.82) is 0 Å². The van der Waals surface area contributed by atoms with Crippen molar-refractivity contribution in [2.24, 2.45) is 0 Å². The molecule has 0 spiro atoms. The first-order valence-corrected chi connectivity index (χ1v) is 6.90. The van der Waals surface area contributed by atoms with E-state index in [-0.39, 0.29) is 5.02 Å². The Kier molecular flexibility index (Phi) is 4.66. The van der Waals surface area contributed by atoms with Gasteiger partial charge in [0.15, 0.2) is 0 Å². The quantitative estimate of drug-likeness (QED) is 0.843. The van der Waals surface area contributed by atoms with Gasteiger partial charge in [-0.1, -0.05) is 49.3 Å². The Hall–Kier alpha value is -1.26. The van der Waals surface area contributed by atoms with Crippen LogP contribution in [0.1, 0.15) is 30.4 Å². The van der Waals surface area contributed by atoms with Gasteiger partial charge in [0.1, 0.15) is 16.3 Å². The fourth-order valence-corrected chi connectivity index (χ4v) is 2.36. The lowest BCUT2D eigenvalue weighted by Crippen LogP contribution is -2.02. The zero-order valence-electron chi connectivity index (χ0n) is 10.5. The molecule has 2 nitrogen and oxygen atoms in total. The highest BCUT2D eigenvalue weighted by Gasteiger charge is 2.08. The summed E-state index contributed by atoms with van der Waals surface area (Å²) in [6, 6.07) is 6.80. The molecule has 1 N–H and O–H groups in total. The summed E-state index contributed by atoms with van der Waals surface area (Å²) in [5.41, 5.74) is 1.54. The van der Waals surface area contributed by atoms with E-state index in [1.54, 1.807) is 12.1 Å². The van der Waals surface area contributed by atoms with E-state index < -0.39 is 5.82 Å². The summed E-state index contributed by atoms with van der Waals surface area (Å²) in [6.07, 6.45) is 2.27. The smallest absolute Gasteiger partial charge is 0.145 e. The van der Waals surface area contributed by atoms with Gasteiger partial charge in [-0.15, -0.1) is 0 Å². The molecule has 0 amide bonds. The van der Waals surface area contributed by atoms with E-state index in [0.29, 0.717) is 22.4 Å². The highest BCUT2D eigenvalue weighted by Crippen LogP contribution is 2.19. The molecule has 1 aromatic heterocycles. The molecule has 1 heterocycles. The number of hydrogen-bond donors (Lipinski definition) is 1. The lowest BCUT2D eigenvalue weighted by atomic mass is 10.1. The minimum atomic E-state index is -0.397. The second-order valence-corrected chi connectivity index (χ2v) is 5.16. The van der Waals surface area contributed by atoms with E-state index in [2.05, 4.69) is 16.9 Å². The fraction of sp³-hybridized carbons (Fsp3) is 0.286. The van der Waals surface area contributed by atoms with Crippen LogP contribution in [-0.2, 0) is 12.8 Å². The number of aromatic nitrogens is 2. The van der Waals surface area contributed by atoms with Gasteiger partial charge in [0.2, 0.25) is 0 Å². The summed E-state index contributed by atoms with van der Waals surface area (Å²) in [6.45, 7) is 2.09. The topological polar surface area (TPSA) is 28.7 Å². The second-order valence-electron chi connectivity index (χ2n) is 4.33. The molecule has 0 radical (unpaired) electrons. The van der Waals surface area contributed by atoms with Gasteiger partial charge in [-0.25, -0.2) is 9.37 Å². The van der Waals surface area contributed by atoms with Crippen LogP contribution in [0.4, 0.5) is 4.39 Å². The Morgan fingerprint density at radius 3 is 2.95 bits per heavy atom. The maximum Gasteiger partial charge on any atom is 0.145 e. The molecule has 1 aromatic carbocycles. The number of halogens is 2. The molecule has 100 valence electrons. The maximum absolute atomic E-state index is 13.8. The lowest BCUT2D eigenvalue weighted by molar-refractivity contribution is 0.612. The summed E-state index contributed by atoms with van der Waals surface area (Å²) < 4.78 is 14.4. The van der Waals surface area contributed by atoms with Crippen LogP contribution in [0.2, 0.25) is 5.02 Å². The van der Waals surface area contributed by atoms with Crippen LogP contribution in [0, 0.1) is 10.5 Å². The summed E-state index contributed by atoms with van der Waals surface area (Å²) in [7, 11) is 0. The predicted octanol–water partition coefficient (Wildman–Crippen LogP) is 4.47. The number of benzene rings is 1. The van der Waals surface area contributed by atoms with Crippen molar-refractivity contribution in [2.45, 2.75) is 26.2 Å². The van der Waals surface area contributed by atoms with E-state index in [9.17, 15) is 4.39 Å². The van der Waals surface area contributed by atoms with Crippen LogP contribution in [0.5, 0.6) is 0 Å². The normalized spacial score (nSPS) is 10.7. The van der Waals surface area contributed by atoms with Gasteiger partial charge in [-0.05, 0) is 24.1 Å². The first-order valence-electron chi connectivity index (χ1n) is 6.12. The molecule has 0 aliphatic rings. The Balaban J connectivity index is 2.32. The molecule has 0 fully saturated rings. The van der Waals surface area contributed by atoms with Crippen molar-refractivity contribution in [2.75, 3.05) is 0 Å². The number of H-pyrrole nitrogens is 1. The Bertz CT molecular complexity index is 640. The number of hydrogen-bond acceptors (Lipinski definition) is 2. The number of aromatic amines is 1. The average Bonchev–Trinajstić information content (AvgIpc) is 2.35. The molecule has 0 saturated carbocycles. The van der Waals surface area contributed by atoms with Crippen LogP contribution in [0.25, 0.3) is 0 Å². The van der Waals surface area contributed by atoms with Gasteiger partial charge in [0.25, 0.3) is 0 Å². The molecule has 2 aromatic rings. The summed E-state index contributed by atoms with van der Waals surface area (Å²) in [5.74, 6) is 0.267. The van der Waals surface area contributed by atoms with E-state index in [4.69, 9.17) is 23.8 Å². The third-order valence-electron chi connectivity index (χ3n) is 2.76. The number of nitrogens with zero attached hydrogens (tertiary/aromatic N) is 1. The molecule has 0 aliphatic heterocycles. The molecule has 0 saturated heterocycles. The number of rotatable bonds is 4. The van der Waals surface area contributed by atoms with Crippen molar-refractivity contribution >= 4 is 23.8 Å². The van der Waals surface area contributed by atoms with Crippen LogP contribution in [-0.4, -0.2) is 9.97 Å². The molecule has 0 atom stereocenters.